The number of hydrogen-bond donors (Lipinski definition) is 1. The minimum Gasteiger partial charge on any atom is -0.388 e. The summed E-state index contributed by atoms with van der Waals surface area (Å²) in [5.74, 6) is 0.610. The van der Waals surface area contributed by atoms with E-state index < -0.39 is 0 Å². The van der Waals surface area contributed by atoms with E-state index in [0.29, 0.717) is 5.84 Å². The summed E-state index contributed by atoms with van der Waals surface area (Å²) in [6.07, 6.45) is 6.80. The molecule has 1 aromatic carbocycles. The van der Waals surface area contributed by atoms with Gasteiger partial charge in [-0.1, -0.05) is 25.1 Å². The lowest BCUT2D eigenvalue weighted by Gasteiger charge is -2.04. The Labute approximate surface area is 130 Å². The van der Waals surface area contributed by atoms with Crippen LogP contribution in [0.1, 0.15) is 13.3 Å². The van der Waals surface area contributed by atoms with Crippen molar-refractivity contribution < 1.29 is 0 Å². The molecular formula is C17H22N4O. The molecule has 1 heterocycles. The van der Waals surface area contributed by atoms with E-state index in [1.165, 1.54) is 0 Å². The lowest BCUT2D eigenvalue weighted by atomic mass is 10.3. The third-order valence-electron chi connectivity index (χ3n) is 3.55. The zero-order chi connectivity index (χ0) is 16.1. The Kier molecular flexibility index (Phi) is 4.99. The molecule has 5 nitrogen and oxygen atoms in total. The minimum absolute atomic E-state index is 0.100. The molecule has 0 spiro atoms. The van der Waals surface area contributed by atoms with Gasteiger partial charge in [0.1, 0.15) is 5.84 Å². The Morgan fingerprint density at radius 3 is 2.55 bits per heavy atom. The van der Waals surface area contributed by atoms with Crippen LogP contribution in [-0.4, -0.2) is 29.1 Å². The van der Waals surface area contributed by atoms with E-state index in [-0.39, 0.29) is 5.69 Å². The summed E-state index contributed by atoms with van der Waals surface area (Å²) < 4.78 is 3.26. The quantitative estimate of drug-likeness (QED) is 0.535. The number of likely N-dealkylation sites (N-methyl/N-ethyl adjacent to an activating group) is 1. The molecule has 0 aliphatic rings. The highest BCUT2D eigenvalue weighted by atomic mass is 16.1. The van der Waals surface area contributed by atoms with E-state index >= 15 is 0 Å². The maximum absolute atomic E-state index is 12.5. The van der Waals surface area contributed by atoms with Crippen molar-refractivity contribution in [3.8, 4) is 0 Å². The predicted octanol–water partition coefficient (Wildman–Crippen LogP) is 2.29. The van der Waals surface area contributed by atoms with E-state index in [1.54, 1.807) is 23.2 Å². The summed E-state index contributed by atoms with van der Waals surface area (Å²) in [5, 5.41) is 3.12. The lowest BCUT2D eigenvalue weighted by Crippen LogP contribution is -2.27. The Morgan fingerprint density at radius 1 is 1.27 bits per heavy atom. The van der Waals surface area contributed by atoms with E-state index in [1.807, 2.05) is 43.5 Å². The lowest BCUT2D eigenvalue weighted by molar-refractivity contribution is 0.862. The number of hydrogen-bond acceptors (Lipinski definition) is 3. The molecule has 0 aliphatic carbocycles. The van der Waals surface area contributed by atoms with Crippen molar-refractivity contribution in [2.24, 2.45) is 12.0 Å². The number of aromatic nitrogens is 2. The average molecular weight is 298 g/mol. The van der Waals surface area contributed by atoms with Gasteiger partial charge in [-0.15, -0.1) is 0 Å². The van der Waals surface area contributed by atoms with Gasteiger partial charge >= 0.3 is 5.69 Å². The van der Waals surface area contributed by atoms with Crippen LogP contribution in [0.4, 0.5) is 0 Å². The second-order valence-corrected chi connectivity index (χ2v) is 4.90. The highest BCUT2D eigenvalue weighted by molar-refractivity contribution is 6.00. The van der Waals surface area contributed by atoms with Crippen LogP contribution in [0.2, 0.25) is 0 Å². The fourth-order valence-electron chi connectivity index (χ4n) is 2.40. The average Bonchev–Trinajstić information content (AvgIpc) is 2.80. The van der Waals surface area contributed by atoms with E-state index in [9.17, 15) is 4.79 Å². The van der Waals surface area contributed by atoms with Crippen molar-refractivity contribution in [1.29, 1.82) is 0 Å². The number of fused-ring (bicyclic) bond motifs is 1. The summed E-state index contributed by atoms with van der Waals surface area (Å²) in [7, 11) is 5.34. The maximum Gasteiger partial charge on any atom is 0.334 e. The minimum atomic E-state index is -0.100. The summed E-state index contributed by atoms with van der Waals surface area (Å²) >= 11 is 0. The van der Waals surface area contributed by atoms with Crippen LogP contribution in [0.25, 0.3) is 11.0 Å². The van der Waals surface area contributed by atoms with Crippen LogP contribution < -0.4 is 11.0 Å². The second kappa shape index (κ2) is 6.93. The van der Waals surface area contributed by atoms with E-state index in [2.05, 4.69) is 23.3 Å². The molecule has 0 bridgehead atoms. The smallest absolute Gasteiger partial charge is 0.334 e. The highest BCUT2D eigenvalue weighted by Crippen LogP contribution is 2.12. The van der Waals surface area contributed by atoms with Crippen molar-refractivity contribution in [3.63, 3.8) is 0 Å². The van der Waals surface area contributed by atoms with Crippen molar-refractivity contribution in [2.75, 3.05) is 14.1 Å². The van der Waals surface area contributed by atoms with Gasteiger partial charge in [-0.25, -0.2) is 9.36 Å². The van der Waals surface area contributed by atoms with Crippen LogP contribution in [0.3, 0.4) is 0 Å². The molecule has 0 aliphatic heterocycles. The van der Waals surface area contributed by atoms with Gasteiger partial charge in [-0.3, -0.25) is 9.56 Å². The Bertz CT molecular complexity index is 806. The maximum atomic E-state index is 12.5. The van der Waals surface area contributed by atoms with Crippen LogP contribution in [0.15, 0.2) is 58.0 Å². The number of benzene rings is 1. The van der Waals surface area contributed by atoms with Crippen molar-refractivity contribution in [3.05, 3.63) is 58.7 Å². The van der Waals surface area contributed by atoms with Gasteiger partial charge in [-0.05, 0) is 30.7 Å². The molecule has 0 amide bonds. The summed E-state index contributed by atoms with van der Waals surface area (Å²) in [6.45, 7) is 2.08. The van der Waals surface area contributed by atoms with E-state index in [4.69, 9.17) is 0 Å². The number of rotatable bonds is 4. The number of nitrogens with one attached hydrogen (secondary N) is 1. The molecular weight excluding hydrogens is 276 g/mol. The molecule has 116 valence electrons. The largest absolute Gasteiger partial charge is 0.388 e. The van der Waals surface area contributed by atoms with Crippen LogP contribution in [0, 0.1) is 0 Å². The number of aliphatic imine (C=N–C) groups is 1. The monoisotopic (exact) mass is 298 g/mol. The van der Waals surface area contributed by atoms with Gasteiger partial charge in [0.05, 0.1) is 11.0 Å². The standard InChI is InChI=1S/C17H22N4O/c1-5-8-13(18-2)11-12-16(19-3)21-15-10-7-6-9-14(15)20(4)17(21)22/h6-12,18H,5H2,1-4H3/b12-11-,13-8+,19-16+. The first-order valence-electron chi connectivity index (χ1n) is 7.33. The van der Waals surface area contributed by atoms with Crippen molar-refractivity contribution in [1.82, 2.24) is 14.5 Å². The topological polar surface area (TPSA) is 51.3 Å². The summed E-state index contributed by atoms with van der Waals surface area (Å²) in [4.78, 5) is 16.8. The SMILES string of the molecule is CC\C=C(/C=C\C(=N/C)n1c(=O)n(C)c2ccccc21)NC. The molecule has 1 N–H and O–H groups in total. The summed E-state index contributed by atoms with van der Waals surface area (Å²) in [6, 6.07) is 7.70. The molecule has 0 fully saturated rings. The second-order valence-electron chi connectivity index (χ2n) is 4.90. The van der Waals surface area contributed by atoms with Crippen molar-refractivity contribution >= 4 is 16.9 Å². The molecule has 1 aromatic heterocycles. The molecule has 0 saturated heterocycles. The van der Waals surface area contributed by atoms with Crippen LogP contribution in [-0.2, 0) is 7.05 Å². The fourth-order valence-corrected chi connectivity index (χ4v) is 2.40. The molecule has 2 rings (SSSR count). The highest BCUT2D eigenvalue weighted by Gasteiger charge is 2.12. The van der Waals surface area contributed by atoms with Crippen LogP contribution in [0.5, 0.6) is 0 Å². The Morgan fingerprint density at radius 2 is 1.95 bits per heavy atom. The van der Waals surface area contributed by atoms with Gasteiger partial charge < -0.3 is 5.32 Å². The molecule has 0 radical (unpaired) electrons. The number of aryl methyl sites for hydroxylation is 1. The first kappa shape index (κ1) is 15.8. The molecule has 0 saturated carbocycles. The third-order valence-corrected chi connectivity index (χ3v) is 3.55. The van der Waals surface area contributed by atoms with Gasteiger partial charge in [0.25, 0.3) is 0 Å². The molecule has 2 aromatic rings. The molecule has 5 heteroatoms. The first-order chi connectivity index (χ1) is 10.6. The molecule has 22 heavy (non-hydrogen) atoms. The number of allylic oxidation sites excluding steroid dienone is 3. The third kappa shape index (κ3) is 2.88. The van der Waals surface area contributed by atoms with Gasteiger partial charge in [-0.2, -0.15) is 0 Å². The number of para-hydroxylation sites is 2. The number of nitrogens with zero attached hydrogens (tertiary/aromatic N) is 3. The van der Waals surface area contributed by atoms with Crippen molar-refractivity contribution in [2.45, 2.75) is 13.3 Å². The molecule has 0 atom stereocenters. The first-order valence-corrected chi connectivity index (χ1v) is 7.33. The zero-order valence-electron chi connectivity index (χ0n) is 13.5. The van der Waals surface area contributed by atoms with Gasteiger partial charge in [0.15, 0.2) is 0 Å². The Balaban J connectivity index is 2.54. The van der Waals surface area contributed by atoms with Gasteiger partial charge in [0.2, 0.25) is 0 Å². The number of imidazole rings is 1. The Hall–Kier alpha value is -2.56. The predicted molar refractivity (Wildman–Crippen MR) is 92.5 cm³/mol. The normalized spacial score (nSPS) is 13.3. The zero-order valence-corrected chi connectivity index (χ0v) is 13.5. The van der Waals surface area contributed by atoms with E-state index in [0.717, 1.165) is 23.2 Å². The van der Waals surface area contributed by atoms with Gasteiger partial charge in [0, 0.05) is 26.8 Å². The van der Waals surface area contributed by atoms with Crippen LogP contribution >= 0.6 is 0 Å². The summed E-state index contributed by atoms with van der Waals surface area (Å²) in [5.41, 5.74) is 2.64. The molecule has 0 unspecified atom stereocenters. The fraction of sp³-hybridized carbons (Fsp3) is 0.294.